The molecule has 1 aromatic rings. The summed E-state index contributed by atoms with van der Waals surface area (Å²) in [6.07, 6.45) is -1.37. The minimum absolute atomic E-state index is 0.0160. The molecular weight excluding hydrogens is 298 g/mol. The van der Waals surface area contributed by atoms with Crippen molar-refractivity contribution in [3.05, 3.63) is 16.0 Å². The van der Waals surface area contributed by atoms with Crippen LogP contribution in [0.3, 0.4) is 0 Å². The Labute approximate surface area is 85.9 Å². The van der Waals surface area contributed by atoms with Crippen molar-refractivity contribution in [2.75, 3.05) is 11.9 Å². The van der Waals surface area contributed by atoms with Gasteiger partial charge in [0.05, 0.1) is 0 Å². The minimum atomic E-state index is -4.24. The summed E-state index contributed by atoms with van der Waals surface area (Å²) >= 11 is 1.97. The second-order valence-electron chi connectivity index (χ2n) is 2.19. The van der Waals surface area contributed by atoms with Crippen LogP contribution in [0.25, 0.3) is 0 Å². The maximum atomic E-state index is 11.7. The highest BCUT2D eigenvalue weighted by atomic mass is 127. The normalized spacial score (nSPS) is 11.4. The Balaban J connectivity index is 2.51. The van der Waals surface area contributed by atoms with Gasteiger partial charge in [0, 0.05) is 16.0 Å². The molecule has 13 heavy (non-hydrogen) atoms. The van der Waals surface area contributed by atoms with Gasteiger partial charge in [-0.25, -0.2) is 9.97 Å². The molecule has 1 rings (SSSR count). The predicted molar refractivity (Wildman–Crippen MR) is 49.3 cm³/mol. The fraction of sp³-hybridized carbons (Fsp3) is 0.333. The van der Waals surface area contributed by atoms with Gasteiger partial charge in [-0.3, -0.25) is 0 Å². The highest BCUT2D eigenvalue weighted by Gasteiger charge is 2.26. The standard InChI is InChI=1S/C6H5F3IN3/c7-6(8,9)3-13-5-11-1-4(10)2-12-5/h1-2H,3H2,(H,11,12,13). The van der Waals surface area contributed by atoms with Crippen molar-refractivity contribution in [3.8, 4) is 0 Å². The highest BCUT2D eigenvalue weighted by molar-refractivity contribution is 14.1. The summed E-state index contributed by atoms with van der Waals surface area (Å²) in [7, 11) is 0. The lowest BCUT2D eigenvalue weighted by atomic mass is 10.6. The molecule has 1 N–H and O–H groups in total. The Morgan fingerprint density at radius 2 is 1.85 bits per heavy atom. The summed E-state index contributed by atoms with van der Waals surface area (Å²) in [5.41, 5.74) is 0. The molecule has 7 heteroatoms. The topological polar surface area (TPSA) is 37.8 Å². The average Bonchev–Trinajstić information content (AvgIpc) is 2.02. The van der Waals surface area contributed by atoms with Gasteiger partial charge in [-0.2, -0.15) is 13.2 Å². The van der Waals surface area contributed by atoms with E-state index in [1.54, 1.807) is 0 Å². The third-order valence-corrected chi connectivity index (χ3v) is 1.62. The largest absolute Gasteiger partial charge is 0.405 e. The van der Waals surface area contributed by atoms with Crippen molar-refractivity contribution in [2.24, 2.45) is 0 Å². The summed E-state index contributed by atoms with van der Waals surface area (Å²) in [5, 5.41) is 2.06. The Bertz CT molecular complexity index is 271. The van der Waals surface area contributed by atoms with E-state index < -0.39 is 12.7 Å². The Hall–Kier alpha value is -0.600. The summed E-state index contributed by atoms with van der Waals surface area (Å²) in [6.45, 7) is -1.12. The number of hydrogen-bond donors (Lipinski definition) is 1. The van der Waals surface area contributed by atoms with E-state index in [4.69, 9.17) is 0 Å². The molecule has 0 atom stereocenters. The average molecular weight is 303 g/mol. The SMILES string of the molecule is FC(F)(F)CNc1ncc(I)cn1. The molecule has 0 saturated heterocycles. The van der Waals surface area contributed by atoms with E-state index in [-0.39, 0.29) is 5.95 Å². The lowest BCUT2D eigenvalue weighted by Gasteiger charge is -2.07. The van der Waals surface area contributed by atoms with Crippen LogP contribution in [-0.4, -0.2) is 22.7 Å². The fourth-order valence-electron chi connectivity index (χ4n) is 0.583. The first kappa shape index (κ1) is 10.5. The summed E-state index contributed by atoms with van der Waals surface area (Å²) in [6, 6.07) is 0. The number of nitrogens with zero attached hydrogens (tertiary/aromatic N) is 2. The molecule has 0 spiro atoms. The molecule has 0 aromatic carbocycles. The van der Waals surface area contributed by atoms with Crippen molar-refractivity contribution in [3.63, 3.8) is 0 Å². The summed E-state index contributed by atoms with van der Waals surface area (Å²) < 4.78 is 35.9. The molecule has 0 aliphatic heterocycles. The molecule has 72 valence electrons. The molecule has 0 aliphatic carbocycles. The zero-order valence-corrected chi connectivity index (χ0v) is 8.43. The second-order valence-corrected chi connectivity index (χ2v) is 3.44. The Kier molecular flexibility index (Phi) is 3.28. The molecule has 1 aromatic heterocycles. The van der Waals surface area contributed by atoms with E-state index in [0.717, 1.165) is 3.57 Å². The van der Waals surface area contributed by atoms with Gasteiger partial charge in [0.15, 0.2) is 0 Å². The van der Waals surface area contributed by atoms with Crippen molar-refractivity contribution in [1.29, 1.82) is 0 Å². The van der Waals surface area contributed by atoms with Crippen LogP contribution >= 0.6 is 22.6 Å². The number of alkyl halides is 3. The molecule has 0 fully saturated rings. The van der Waals surface area contributed by atoms with Gasteiger partial charge in [-0.05, 0) is 22.6 Å². The van der Waals surface area contributed by atoms with E-state index >= 15 is 0 Å². The first-order valence-corrected chi connectivity index (χ1v) is 4.33. The molecular formula is C6H5F3IN3. The van der Waals surface area contributed by atoms with Crippen LogP contribution in [0.4, 0.5) is 19.1 Å². The minimum Gasteiger partial charge on any atom is -0.345 e. The number of nitrogens with one attached hydrogen (secondary N) is 1. The van der Waals surface area contributed by atoms with E-state index in [9.17, 15) is 13.2 Å². The van der Waals surface area contributed by atoms with E-state index in [0.29, 0.717) is 0 Å². The zero-order chi connectivity index (χ0) is 9.90. The van der Waals surface area contributed by atoms with Crippen LogP contribution in [0.1, 0.15) is 0 Å². The first-order chi connectivity index (χ1) is 5.97. The quantitative estimate of drug-likeness (QED) is 0.850. The number of rotatable bonds is 2. The van der Waals surface area contributed by atoms with Gasteiger partial charge < -0.3 is 5.32 Å². The van der Waals surface area contributed by atoms with Crippen LogP contribution in [0.5, 0.6) is 0 Å². The first-order valence-electron chi connectivity index (χ1n) is 3.25. The third-order valence-electron chi connectivity index (χ3n) is 1.07. The molecule has 0 unspecified atom stereocenters. The number of anilines is 1. The smallest absolute Gasteiger partial charge is 0.345 e. The van der Waals surface area contributed by atoms with Crippen LogP contribution in [0.2, 0.25) is 0 Å². The van der Waals surface area contributed by atoms with Crippen LogP contribution in [-0.2, 0) is 0 Å². The van der Waals surface area contributed by atoms with E-state index in [1.165, 1.54) is 12.4 Å². The number of hydrogen-bond acceptors (Lipinski definition) is 3. The fourth-order valence-corrected chi connectivity index (χ4v) is 0.861. The van der Waals surface area contributed by atoms with Crippen molar-refractivity contribution < 1.29 is 13.2 Å². The van der Waals surface area contributed by atoms with Gasteiger partial charge in [-0.15, -0.1) is 0 Å². The number of aromatic nitrogens is 2. The van der Waals surface area contributed by atoms with Gasteiger partial charge >= 0.3 is 6.18 Å². The van der Waals surface area contributed by atoms with E-state index in [1.807, 2.05) is 22.6 Å². The summed E-state index contributed by atoms with van der Waals surface area (Å²) in [4.78, 5) is 7.30. The van der Waals surface area contributed by atoms with Gasteiger partial charge in [0.2, 0.25) is 5.95 Å². The van der Waals surface area contributed by atoms with Gasteiger partial charge in [0.1, 0.15) is 6.54 Å². The maximum absolute atomic E-state index is 11.7. The zero-order valence-electron chi connectivity index (χ0n) is 6.27. The molecule has 0 aliphatic rings. The second kappa shape index (κ2) is 4.07. The van der Waals surface area contributed by atoms with E-state index in [2.05, 4.69) is 15.3 Å². The van der Waals surface area contributed by atoms with Crippen LogP contribution < -0.4 is 5.32 Å². The van der Waals surface area contributed by atoms with Crippen molar-refractivity contribution in [2.45, 2.75) is 6.18 Å². The third kappa shape index (κ3) is 4.25. The van der Waals surface area contributed by atoms with Crippen LogP contribution in [0, 0.1) is 3.57 Å². The molecule has 3 nitrogen and oxygen atoms in total. The molecule has 0 bridgehead atoms. The predicted octanol–water partition coefficient (Wildman–Crippen LogP) is 2.06. The molecule has 0 radical (unpaired) electrons. The summed E-state index contributed by atoms with van der Waals surface area (Å²) in [5.74, 6) is -0.0160. The molecule has 1 heterocycles. The lowest BCUT2D eigenvalue weighted by molar-refractivity contribution is -0.115. The van der Waals surface area contributed by atoms with Crippen LogP contribution in [0.15, 0.2) is 12.4 Å². The maximum Gasteiger partial charge on any atom is 0.405 e. The Morgan fingerprint density at radius 1 is 1.31 bits per heavy atom. The lowest BCUT2D eigenvalue weighted by Crippen LogP contribution is -2.22. The Morgan fingerprint density at radius 3 is 2.31 bits per heavy atom. The number of halogens is 4. The monoisotopic (exact) mass is 303 g/mol. The van der Waals surface area contributed by atoms with Gasteiger partial charge in [-0.1, -0.05) is 0 Å². The highest BCUT2D eigenvalue weighted by Crippen LogP contribution is 2.14. The van der Waals surface area contributed by atoms with Crippen molar-refractivity contribution in [1.82, 2.24) is 9.97 Å². The van der Waals surface area contributed by atoms with Gasteiger partial charge in [0.25, 0.3) is 0 Å². The molecule has 0 saturated carbocycles. The van der Waals surface area contributed by atoms with Crippen molar-refractivity contribution >= 4 is 28.5 Å². The molecule has 0 amide bonds.